The predicted octanol–water partition coefficient (Wildman–Crippen LogP) is 1.56. The van der Waals surface area contributed by atoms with Crippen LogP contribution in [-0.4, -0.2) is 21.0 Å². The number of anilines is 1. The summed E-state index contributed by atoms with van der Waals surface area (Å²) in [5.41, 5.74) is 5.97. The van der Waals surface area contributed by atoms with Gasteiger partial charge in [-0.1, -0.05) is 0 Å². The number of hydrogen-bond donors (Lipinski definition) is 2. The lowest BCUT2D eigenvalue weighted by molar-refractivity contribution is 0.0697. The molecular weight excluding hydrogens is 225 g/mol. The summed E-state index contributed by atoms with van der Waals surface area (Å²) in [4.78, 5) is 18.5. The van der Waals surface area contributed by atoms with Crippen LogP contribution in [0, 0.1) is 5.82 Å². The number of nitrogens with two attached hydrogens (primary N) is 1. The van der Waals surface area contributed by atoms with E-state index in [0.717, 1.165) is 6.20 Å². The minimum Gasteiger partial charge on any atom is -0.478 e. The number of aromatic nitrogens is 2. The zero-order valence-corrected chi connectivity index (χ0v) is 8.59. The van der Waals surface area contributed by atoms with Gasteiger partial charge in [-0.2, -0.15) is 0 Å². The van der Waals surface area contributed by atoms with E-state index < -0.39 is 11.8 Å². The molecular formula is C11H8FN3O2. The van der Waals surface area contributed by atoms with Gasteiger partial charge in [0.05, 0.1) is 5.69 Å². The summed E-state index contributed by atoms with van der Waals surface area (Å²) in [6.07, 6.45) is 1.13. The highest BCUT2D eigenvalue weighted by molar-refractivity contribution is 5.94. The van der Waals surface area contributed by atoms with E-state index in [0.29, 0.717) is 5.56 Å². The van der Waals surface area contributed by atoms with Gasteiger partial charge in [0.15, 0.2) is 0 Å². The SMILES string of the molecule is Nc1ncc(C(=O)O)c(-c2ccc(F)cc2)n1. The summed E-state index contributed by atoms with van der Waals surface area (Å²) in [5.74, 6) is -1.61. The minimum atomic E-state index is -1.16. The third-order valence-corrected chi connectivity index (χ3v) is 2.16. The van der Waals surface area contributed by atoms with Crippen LogP contribution in [0.1, 0.15) is 10.4 Å². The smallest absolute Gasteiger partial charge is 0.339 e. The van der Waals surface area contributed by atoms with Crippen molar-refractivity contribution < 1.29 is 14.3 Å². The predicted molar refractivity (Wildman–Crippen MR) is 58.8 cm³/mol. The molecule has 0 spiro atoms. The molecule has 2 rings (SSSR count). The van der Waals surface area contributed by atoms with Gasteiger partial charge < -0.3 is 10.8 Å². The zero-order valence-electron chi connectivity index (χ0n) is 8.59. The first kappa shape index (κ1) is 11.0. The third kappa shape index (κ3) is 2.20. The van der Waals surface area contributed by atoms with E-state index >= 15 is 0 Å². The summed E-state index contributed by atoms with van der Waals surface area (Å²) in [7, 11) is 0. The van der Waals surface area contributed by atoms with Crippen molar-refractivity contribution in [3.05, 3.63) is 41.8 Å². The highest BCUT2D eigenvalue weighted by Gasteiger charge is 2.14. The highest BCUT2D eigenvalue weighted by Crippen LogP contribution is 2.22. The van der Waals surface area contributed by atoms with E-state index in [4.69, 9.17) is 10.8 Å². The second kappa shape index (κ2) is 4.17. The molecule has 0 unspecified atom stereocenters. The molecule has 86 valence electrons. The van der Waals surface area contributed by atoms with Crippen LogP contribution in [-0.2, 0) is 0 Å². The van der Waals surface area contributed by atoms with Gasteiger partial charge in [-0.3, -0.25) is 0 Å². The molecule has 3 N–H and O–H groups in total. The number of rotatable bonds is 2. The molecule has 0 saturated heterocycles. The average Bonchev–Trinajstić information content (AvgIpc) is 2.29. The van der Waals surface area contributed by atoms with Gasteiger partial charge in [0.25, 0.3) is 0 Å². The molecule has 0 amide bonds. The molecule has 2 aromatic rings. The number of aromatic carboxylic acids is 1. The topological polar surface area (TPSA) is 89.1 Å². The molecule has 0 aliphatic heterocycles. The standard InChI is InChI=1S/C11H8FN3O2/c12-7-3-1-6(2-4-7)9-8(10(16)17)5-14-11(13)15-9/h1-5H,(H,16,17)(H2,13,14,15). The van der Waals surface area contributed by atoms with Gasteiger partial charge >= 0.3 is 5.97 Å². The van der Waals surface area contributed by atoms with Crippen LogP contribution in [0.25, 0.3) is 11.3 Å². The number of nitrogen functional groups attached to an aromatic ring is 1. The molecule has 17 heavy (non-hydrogen) atoms. The summed E-state index contributed by atoms with van der Waals surface area (Å²) < 4.78 is 12.8. The number of benzene rings is 1. The maximum Gasteiger partial charge on any atom is 0.339 e. The Morgan fingerprint density at radius 3 is 2.53 bits per heavy atom. The van der Waals surface area contributed by atoms with E-state index in [1.165, 1.54) is 24.3 Å². The molecule has 0 radical (unpaired) electrons. The van der Waals surface area contributed by atoms with Crippen LogP contribution in [0.15, 0.2) is 30.5 Å². The van der Waals surface area contributed by atoms with E-state index in [-0.39, 0.29) is 17.2 Å². The van der Waals surface area contributed by atoms with Crippen molar-refractivity contribution in [1.82, 2.24) is 9.97 Å². The first-order chi connectivity index (χ1) is 8.08. The Labute approximate surface area is 95.8 Å². The number of carboxylic acids is 1. The molecule has 1 aromatic heterocycles. The lowest BCUT2D eigenvalue weighted by Gasteiger charge is -2.05. The lowest BCUT2D eigenvalue weighted by atomic mass is 10.1. The first-order valence-corrected chi connectivity index (χ1v) is 4.69. The van der Waals surface area contributed by atoms with E-state index in [2.05, 4.69) is 9.97 Å². The second-order valence-electron chi connectivity index (χ2n) is 3.30. The van der Waals surface area contributed by atoms with Gasteiger partial charge in [-0.15, -0.1) is 0 Å². The molecule has 5 nitrogen and oxygen atoms in total. The Bertz CT molecular complexity index is 569. The fraction of sp³-hybridized carbons (Fsp3) is 0. The Morgan fingerprint density at radius 1 is 1.29 bits per heavy atom. The molecule has 6 heteroatoms. The van der Waals surface area contributed by atoms with Crippen molar-refractivity contribution in [3.63, 3.8) is 0 Å². The zero-order chi connectivity index (χ0) is 12.4. The van der Waals surface area contributed by atoms with Gasteiger partial charge in [0.1, 0.15) is 11.4 Å². The van der Waals surface area contributed by atoms with Gasteiger partial charge in [-0.05, 0) is 24.3 Å². The molecule has 1 aromatic carbocycles. The fourth-order valence-corrected chi connectivity index (χ4v) is 1.38. The number of hydrogen-bond acceptors (Lipinski definition) is 4. The molecule has 0 aliphatic carbocycles. The number of nitrogens with zero attached hydrogens (tertiary/aromatic N) is 2. The van der Waals surface area contributed by atoms with E-state index in [1.54, 1.807) is 0 Å². The number of carboxylic acid groups (broad SMARTS) is 1. The third-order valence-electron chi connectivity index (χ3n) is 2.16. The first-order valence-electron chi connectivity index (χ1n) is 4.69. The summed E-state index contributed by atoms with van der Waals surface area (Å²) in [6, 6.07) is 5.31. The highest BCUT2D eigenvalue weighted by atomic mass is 19.1. The summed E-state index contributed by atoms with van der Waals surface area (Å²) in [6.45, 7) is 0. The van der Waals surface area contributed by atoms with Crippen molar-refractivity contribution in [2.75, 3.05) is 5.73 Å². The van der Waals surface area contributed by atoms with Crippen LogP contribution in [0.2, 0.25) is 0 Å². The normalized spacial score (nSPS) is 10.2. The van der Waals surface area contributed by atoms with E-state index in [9.17, 15) is 9.18 Å². The Hall–Kier alpha value is -2.50. The van der Waals surface area contributed by atoms with Crippen LogP contribution >= 0.6 is 0 Å². The molecule has 0 bridgehead atoms. The van der Waals surface area contributed by atoms with Crippen LogP contribution in [0.5, 0.6) is 0 Å². The van der Waals surface area contributed by atoms with Gasteiger partial charge in [0, 0.05) is 11.8 Å². The van der Waals surface area contributed by atoms with Crippen molar-refractivity contribution >= 4 is 11.9 Å². The van der Waals surface area contributed by atoms with E-state index in [1.807, 2.05) is 0 Å². The maximum absolute atomic E-state index is 12.8. The minimum absolute atomic E-state index is 0.0330. The molecule has 0 saturated carbocycles. The monoisotopic (exact) mass is 233 g/mol. The van der Waals surface area contributed by atoms with Gasteiger partial charge in [-0.25, -0.2) is 19.2 Å². The van der Waals surface area contributed by atoms with Crippen LogP contribution in [0.3, 0.4) is 0 Å². The van der Waals surface area contributed by atoms with Crippen molar-refractivity contribution in [2.24, 2.45) is 0 Å². The second-order valence-corrected chi connectivity index (χ2v) is 3.30. The van der Waals surface area contributed by atoms with Crippen molar-refractivity contribution in [3.8, 4) is 11.3 Å². The number of carbonyl (C=O) groups is 1. The molecule has 0 atom stereocenters. The average molecular weight is 233 g/mol. The Kier molecular flexibility index (Phi) is 2.70. The number of halogens is 1. The van der Waals surface area contributed by atoms with Crippen LogP contribution < -0.4 is 5.73 Å². The summed E-state index contributed by atoms with van der Waals surface area (Å²) >= 11 is 0. The van der Waals surface area contributed by atoms with Gasteiger partial charge in [0.2, 0.25) is 5.95 Å². The molecule has 0 fully saturated rings. The summed E-state index contributed by atoms with van der Waals surface area (Å²) in [5, 5.41) is 8.98. The lowest BCUT2D eigenvalue weighted by Crippen LogP contribution is -2.05. The largest absolute Gasteiger partial charge is 0.478 e. The van der Waals surface area contributed by atoms with Crippen LogP contribution in [0.4, 0.5) is 10.3 Å². The quantitative estimate of drug-likeness (QED) is 0.821. The Morgan fingerprint density at radius 2 is 1.94 bits per heavy atom. The fourth-order valence-electron chi connectivity index (χ4n) is 1.38. The van der Waals surface area contributed by atoms with Crippen molar-refractivity contribution in [1.29, 1.82) is 0 Å². The molecule has 1 heterocycles. The Balaban J connectivity index is 2.60. The molecule has 0 aliphatic rings. The maximum atomic E-state index is 12.8. The van der Waals surface area contributed by atoms with Crippen molar-refractivity contribution in [2.45, 2.75) is 0 Å².